The first-order valence-electron chi connectivity index (χ1n) is 5.73. The monoisotopic (exact) mass is 304 g/mol. The highest BCUT2D eigenvalue weighted by atomic mass is 35.5. The molecule has 5 nitrogen and oxygen atoms in total. The molecule has 106 valence electrons. The highest BCUT2D eigenvalue weighted by Gasteiger charge is 2.30. The Balaban J connectivity index is 3.40. The molecule has 1 aromatic rings. The maximum Gasteiger partial charge on any atom is 0.241 e. The van der Waals surface area contributed by atoms with Crippen LogP contribution in [0, 0.1) is 6.92 Å². The highest BCUT2D eigenvalue weighted by Crippen LogP contribution is 2.27. The average molecular weight is 305 g/mol. The van der Waals surface area contributed by atoms with Gasteiger partial charge >= 0.3 is 0 Å². The molecule has 0 fully saturated rings. The molecular weight excluding hydrogens is 288 g/mol. The van der Waals surface area contributed by atoms with Crippen molar-refractivity contribution < 1.29 is 13.2 Å². The lowest BCUT2D eigenvalue weighted by Gasteiger charge is -2.29. The number of nitrogens with zero attached hydrogens (tertiary/aromatic N) is 1. The number of carbonyl (C=O) groups is 1. The summed E-state index contributed by atoms with van der Waals surface area (Å²) in [6.07, 6.45) is 1.32. The summed E-state index contributed by atoms with van der Waals surface area (Å²) in [6, 6.07) is 3.90. The van der Waals surface area contributed by atoms with Gasteiger partial charge in [-0.2, -0.15) is 0 Å². The molecule has 2 N–H and O–H groups in total. The van der Waals surface area contributed by atoms with Gasteiger partial charge in [-0.1, -0.05) is 24.6 Å². The van der Waals surface area contributed by atoms with Gasteiger partial charge in [0.2, 0.25) is 15.9 Å². The minimum absolute atomic E-state index is 0.286. The van der Waals surface area contributed by atoms with Crippen LogP contribution >= 0.6 is 11.6 Å². The zero-order valence-electron chi connectivity index (χ0n) is 11.1. The molecule has 1 rings (SSSR count). The number of rotatable bonds is 5. The lowest BCUT2D eigenvalue weighted by Crippen LogP contribution is -2.47. The lowest BCUT2D eigenvalue weighted by molar-refractivity contribution is -0.119. The van der Waals surface area contributed by atoms with Gasteiger partial charge in [0.25, 0.3) is 0 Å². The molecule has 1 atom stereocenters. The third-order valence-corrected chi connectivity index (χ3v) is 4.35. The molecule has 0 aliphatic rings. The van der Waals surface area contributed by atoms with E-state index in [-0.39, 0.29) is 6.42 Å². The summed E-state index contributed by atoms with van der Waals surface area (Å²) in [5.41, 5.74) is 6.43. The Morgan fingerprint density at radius 2 is 2.05 bits per heavy atom. The summed E-state index contributed by atoms with van der Waals surface area (Å²) < 4.78 is 24.8. The molecule has 1 amide bonds. The average Bonchev–Trinajstić information content (AvgIpc) is 2.27. The number of hydrogen-bond donors (Lipinski definition) is 1. The fourth-order valence-electron chi connectivity index (χ4n) is 1.80. The SMILES string of the molecule is CCC(C(N)=O)N(c1ccc(C)c(Cl)c1)S(C)(=O)=O. The number of amides is 1. The van der Waals surface area contributed by atoms with E-state index in [1.54, 1.807) is 19.1 Å². The molecule has 0 saturated heterocycles. The predicted octanol–water partition coefficient (Wildman–Crippen LogP) is 1.68. The molecule has 0 spiro atoms. The van der Waals surface area contributed by atoms with Gasteiger partial charge in [0.15, 0.2) is 0 Å². The van der Waals surface area contributed by atoms with Crippen LogP contribution in [0.4, 0.5) is 5.69 Å². The van der Waals surface area contributed by atoms with Crippen LogP contribution in [-0.4, -0.2) is 26.6 Å². The van der Waals surface area contributed by atoms with Crippen LogP contribution < -0.4 is 10.0 Å². The summed E-state index contributed by atoms with van der Waals surface area (Å²) in [5, 5.41) is 0.436. The van der Waals surface area contributed by atoms with Crippen molar-refractivity contribution in [3.05, 3.63) is 28.8 Å². The highest BCUT2D eigenvalue weighted by molar-refractivity contribution is 7.92. The molecule has 1 unspecified atom stereocenters. The second-order valence-corrected chi connectivity index (χ2v) is 6.59. The summed E-state index contributed by atoms with van der Waals surface area (Å²) in [7, 11) is -3.63. The Labute approximate surface area is 118 Å². The van der Waals surface area contributed by atoms with Crippen molar-refractivity contribution in [2.45, 2.75) is 26.3 Å². The first-order valence-corrected chi connectivity index (χ1v) is 7.96. The van der Waals surface area contributed by atoms with Crippen molar-refractivity contribution in [3.8, 4) is 0 Å². The Bertz CT molecular complexity index is 587. The first kappa shape index (κ1) is 15.8. The second-order valence-electron chi connectivity index (χ2n) is 4.32. The smallest absolute Gasteiger partial charge is 0.241 e. The largest absolute Gasteiger partial charge is 0.368 e. The fourth-order valence-corrected chi connectivity index (χ4v) is 3.19. The van der Waals surface area contributed by atoms with Gasteiger partial charge in [-0.3, -0.25) is 9.10 Å². The van der Waals surface area contributed by atoms with Crippen molar-refractivity contribution >= 4 is 33.2 Å². The number of primary amides is 1. The first-order chi connectivity index (χ1) is 8.68. The van der Waals surface area contributed by atoms with E-state index in [4.69, 9.17) is 17.3 Å². The van der Waals surface area contributed by atoms with E-state index in [1.165, 1.54) is 6.07 Å². The zero-order chi connectivity index (χ0) is 14.8. The van der Waals surface area contributed by atoms with Crippen molar-refractivity contribution in [3.63, 3.8) is 0 Å². The zero-order valence-corrected chi connectivity index (χ0v) is 12.6. The number of nitrogens with two attached hydrogens (primary N) is 1. The Morgan fingerprint density at radius 1 is 1.47 bits per heavy atom. The van der Waals surface area contributed by atoms with Gasteiger partial charge in [0.05, 0.1) is 11.9 Å². The molecule has 0 radical (unpaired) electrons. The lowest BCUT2D eigenvalue weighted by atomic mass is 10.1. The summed E-state index contributed by atoms with van der Waals surface area (Å²) in [6.45, 7) is 3.51. The molecule has 0 saturated carbocycles. The predicted molar refractivity (Wildman–Crippen MR) is 76.8 cm³/mol. The van der Waals surface area contributed by atoms with Crippen LogP contribution in [0.25, 0.3) is 0 Å². The van der Waals surface area contributed by atoms with Gasteiger partial charge in [-0.25, -0.2) is 8.42 Å². The molecule has 0 aliphatic heterocycles. The minimum atomic E-state index is -3.63. The topological polar surface area (TPSA) is 80.5 Å². The van der Waals surface area contributed by atoms with Gasteiger partial charge in [0.1, 0.15) is 6.04 Å². The number of carbonyl (C=O) groups excluding carboxylic acids is 1. The standard InChI is InChI=1S/C12H17ClN2O3S/c1-4-11(12(14)16)15(19(3,17)18)9-6-5-8(2)10(13)7-9/h5-7,11H,4H2,1-3H3,(H2,14,16). The molecule has 0 aromatic heterocycles. The van der Waals surface area contributed by atoms with Crippen LogP contribution in [0.1, 0.15) is 18.9 Å². The molecule has 0 bridgehead atoms. The number of halogens is 1. The fraction of sp³-hybridized carbons (Fsp3) is 0.417. The molecule has 19 heavy (non-hydrogen) atoms. The van der Waals surface area contributed by atoms with Gasteiger partial charge in [-0.15, -0.1) is 0 Å². The van der Waals surface area contributed by atoms with Crippen LogP contribution in [-0.2, 0) is 14.8 Å². The number of anilines is 1. The summed E-state index contributed by atoms with van der Waals surface area (Å²) >= 11 is 6.00. The molecule has 1 aromatic carbocycles. The van der Waals surface area contributed by atoms with Crippen LogP contribution in [0.3, 0.4) is 0 Å². The number of aryl methyl sites for hydroxylation is 1. The molecule has 0 aliphatic carbocycles. The van der Waals surface area contributed by atoms with Crippen molar-refractivity contribution in [2.75, 3.05) is 10.6 Å². The van der Waals surface area contributed by atoms with Crippen molar-refractivity contribution in [1.82, 2.24) is 0 Å². The number of sulfonamides is 1. The van der Waals surface area contributed by atoms with Crippen LogP contribution in [0.2, 0.25) is 5.02 Å². The van der Waals surface area contributed by atoms with Gasteiger partial charge < -0.3 is 5.73 Å². The Hall–Kier alpha value is -1.27. The Kier molecular flexibility index (Phi) is 4.81. The second kappa shape index (κ2) is 5.79. The van der Waals surface area contributed by atoms with Gasteiger partial charge in [-0.05, 0) is 31.0 Å². The van der Waals surface area contributed by atoms with Crippen LogP contribution in [0.5, 0.6) is 0 Å². The van der Waals surface area contributed by atoms with Gasteiger partial charge in [0, 0.05) is 5.02 Å². The Morgan fingerprint density at radius 3 is 2.42 bits per heavy atom. The third-order valence-electron chi connectivity index (χ3n) is 2.77. The number of hydrogen-bond acceptors (Lipinski definition) is 3. The third kappa shape index (κ3) is 3.61. The normalized spacial score (nSPS) is 13.1. The summed E-state index contributed by atoms with van der Waals surface area (Å²) in [5.74, 6) is -0.690. The van der Waals surface area contributed by atoms with E-state index in [9.17, 15) is 13.2 Å². The summed E-state index contributed by atoms with van der Waals surface area (Å²) in [4.78, 5) is 11.4. The van der Waals surface area contributed by atoms with Crippen molar-refractivity contribution in [1.29, 1.82) is 0 Å². The van der Waals surface area contributed by atoms with E-state index < -0.39 is 22.0 Å². The molecule has 0 heterocycles. The van der Waals surface area contributed by atoms with E-state index in [0.29, 0.717) is 10.7 Å². The quantitative estimate of drug-likeness (QED) is 0.898. The van der Waals surface area contributed by atoms with E-state index in [1.807, 2.05) is 6.92 Å². The number of benzene rings is 1. The van der Waals surface area contributed by atoms with Crippen LogP contribution in [0.15, 0.2) is 18.2 Å². The molecule has 7 heteroatoms. The van der Waals surface area contributed by atoms with E-state index in [2.05, 4.69) is 0 Å². The van der Waals surface area contributed by atoms with Crippen molar-refractivity contribution in [2.24, 2.45) is 5.73 Å². The van der Waals surface area contributed by atoms with E-state index >= 15 is 0 Å². The maximum atomic E-state index is 11.9. The maximum absolute atomic E-state index is 11.9. The van der Waals surface area contributed by atoms with E-state index in [0.717, 1.165) is 16.1 Å². The molecular formula is C12H17ClN2O3S. The minimum Gasteiger partial charge on any atom is -0.368 e.